The van der Waals surface area contributed by atoms with Gasteiger partial charge in [0.2, 0.25) is 10.0 Å². The lowest BCUT2D eigenvalue weighted by Gasteiger charge is -2.23. The number of sulfonamides is 1. The smallest absolute Gasteiger partial charge is 0.322 e. The highest BCUT2D eigenvalue weighted by molar-refractivity contribution is 7.89. The molecule has 94 valence electrons. The number of hydrogen-bond acceptors (Lipinski definition) is 5. The predicted molar refractivity (Wildman–Crippen MR) is 55.3 cm³/mol. The van der Waals surface area contributed by atoms with Crippen molar-refractivity contribution in [2.45, 2.75) is 19.9 Å². The van der Waals surface area contributed by atoms with E-state index < -0.39 is 40.3 Å². The van der Waals surface area contributed by atoms with Gasteiger partial charge >= 0.3 is 11.9 Å². The third-order valence-electron chi connectivity index (χ3n) is 1.75. The summed E-state index contributed by atoms with van der Waals surface area (Å²) in [7, 11) is -2.89. The lowest BCUT2D eigenvalue weighted by molar-refractivity contribution is -0.139. The number of rotatable bonds is 6. The molecule has 0 saturated carbocycles. The first-order valence-corrected chi connectivity index (χ1v) is 6.09. The van der Waals surface area contributed by atoms with E-state index in [9.17, 15) is 18.0 Å². The van der Waals surface area contributed by atoms with E-state index in [0.29, 0.717) is 0 Å². The van der Waals surface area contributed by atoms with E-state index in [1.54, 1.807) is 0 Å². The summed E-state index contributed by atoms with van der Waals surface area (Å²) < 4.78 is 28.2. The molecule has 16 heavy (non-hydrogen) atoms. The maximum Gasteiger partial charge on any atom is 0.322 e. The van der Waals surface area contributed by atoms with Crippen molar-refractivity contribution < 1.29 is 27.9 Å². The van der Waals surface area contributed by atoms with Crippen molar-refractivity contribution in [1.29, 1.82) is 0 Å². The number of carbonyl (C=O) groups is 2. The lowest BCUT2D eigenvalue weighted by Crippen LogP contribution is -2.43. The van der Waals surface area contributed by atoms with Crippen LogP contribution in [-0.4, -0.2) is 55.2 Å². The Morgan fingerprint density at radius 1 is 1.38 bits per heavy atom. The van der Waals surface area contributed by atoms with Gasteiger partial charge < -0.3 is 9.84 Å². The number of carboxylic acid groups (broad SMARTS) is 1. The fourth-order valence-electron chi connectivity index (χ4n) is 1.03. The number of aliphatic carboxylic acids is 1. The van der Waals surface area contributed by atoms with E-state index in [1.165, 1.54) is 13.8 Å². The van der Waals surface area contributed by atoms with E-state index in [-0.39, 0.29) is 0 Å². The van der Waals surface area contributed by atoms with Gasteiger partial charge in [-0.05, 0) is 13.8 Å². The first-order valence-electron chi connectivity index (χ1n) is 4.49. The Morgan fingerprint density at radius 2 is 1.88 bits per heavy atom. The Hall–Kier alpha value is -1.15. The van der Waals surface area contributed by atoms with Crippen molar-refractivity contribution in [2.75, 3.05) is 19.4 Å². The van der Waals surface area contributed by atoms with E-state index >= 15 is 0 Å². The zero-order chi connectivity index (χ0) is 12.9. The first-order chi connectivity index (χ1) is 7.20. The van der Waals surface area contributed by atoms with Crippen LogP contribution in [-0.2, 0) is 24.3 Å². The van der Waals surface area contributed by atoms with Crippen LogP contribution in [0.15, 0.2) is 0 Å². The summed E-state index contributed by atoms with van der Waals surface area (Å²) in [5.74, 6) is -3.05. The Kier molecular flexibility index (Phi) is 5.39. The lowest BCUT2D eigenvalue weighted by atomic mass is 10.4. The maximum atomic E-state index is 11.6. The fourth-order valence-corrected chi connectivity index (χ4v) is 2.56. The molecular formula is C8H15NO6S. The normalized spacial score (nSPS) is 11.8. The van der Waals surface area contributed by atoms with E-state index in [2.05, 4.69) is 4.74 Å². The topological polar surface area (TPSA) is 101 Å². The van der Waals surface area contributed by atoms with Crippen molar-refractivity contribution in [3.63, 3.8) is 0 Å². The van der Waals surface area contributed by atoms with Crippen LogP contribution in [0.4, 0.5) is 0 Å². The monoisotopic (exact) mass is 253 g/mol. The second kappa shape index (κ2) is 5.80. The Balaban J connectivity index is 4.90. The summed E-state index contributed by atoms with van der Waals surface area (Å²) in [5.41, 5.74) is 0. The molecule has 0 fully saturated rings. The molecule has 0 aromatic rings. The molecule has 0 atom stereocenters. The third-order valence-corrected chi connectivity index (χ3v) is 3.62. The molecule has 0 heterocycles. The van der Waals surface area contributed by atoms with Gasteiger partial charge in [0.15, 0.2) is 5.75 Å². The summed E-state index contributed by atoms with van der Waals surface area (Å²) in [4.78, 5) is 21.4. The highest BCUT2D eigenvalue weighted by Gasteiger charge is 2.29. The second-order valence-electron chi connectivity index (χ2n) is 3.37. The van der Waals surface area contributed by atoms with Crippen molar-refractivity contribution in [3.8, 4) is 0 Å². The quantitative estimate of drug-likeness (QED) is 0.627. The van der Waals surface area contributed by atoms with E-state index in [4.69, 9.17) is 5.11 Å². The third kappa shape index (κ3) is 4.58. The molecule has 1 N–H and O–H groups in total. The number of esters is 1. The number of carboxylic acids is 1. The van der Waals surface area contributed by atoms with Crippen LogP contribution in [0.3, 0.4) is 0 Å². The van der Waals surface area contributed by atoms with Crippen LogP contribution in [0.5, 0.6) is 0 Å². The van der Waals surface area contributed by atoms with Gasteiger partial charge in [0.1, 0.15) is 6.54 Å². The van der Waals surface area contributed by atoms with Crippen molar-refractivity contribution >= 4 is 22.0 Å². The van der Waals surface area contributed by atoms with Gasteiger partial charge in [-0.25, -0.2) is 8.42 Å². The van der Waals surface area contributed by atoms with Crippen molar-refractivity contribution in [1.82, 2.24) is 4.31 Å². The number of hydrogen-bond donors (Lipinski definition) is 1. The minimum absolute atomic E-state index is 0.536. The van der Waals surface area contributed by atoms with Gasteiger partial charge in [-0.2, -0.15) is 4.31 Å². The molecule has 8 heteroatoms. The van der Waals surface area contributed by atoms with Gasteiger partial charge in [0.25, 0.3) is 0 Å². The molecule has 7 nitrogen and oxygen atoms in total. The Labute approximate surface area is 94.0 Å². The molecule has 0 amide bonds. The molecule has 0 unspecified atom stereocenters. The molecule has 0 aliphatic carbocycles. The molecule has 0 aliphatic rings. The van der Waals surface area contributed by atoms with Gasteiger partial charge in [-0.15, -0.1) is 0 Å². The highest BCUT2D eigenvalue weighted by Crippen LogP contribution is 2.07. The molecule has 0 bridgehead atoms. The standard InChI is InChI=1S/C8H15NO6S/c1-6(2)9(4-7(10)11)16(13,14)5-8(12)15-3/h6H,4-5H2,1-3H3,(H,10,11). The second-order valence-corrected chi connectivity index (χ2v) is 5.29. The van der Waals surface area contributed by atoms with Gasteiger partial charge in [0, 0.05) is 6.04 Å². The molecular weight excluding hydrogens is 238 g/mol. The van der Waals surface area contributed by atoms with E-state index in [1.807, 2.05) is 0 Å². The first kappa shape index (κ1) is 14.8. The molecule has 0 radical (unpaired) electrons. The molecule has 0 aromatic heterocycles. The number of carbonyl (C=O) groups excluding carboxylic acids is 1. The summed E-state index contributed by atoms with van der Waals surface area (Å²) in [6.07, 6.45) is 0. The molecule has 0 rings (SSSR count). The summed E-state index contributed by atoms with van der Waals surface area (Å²) in [6, 6.07) is -0.536. The fraction of sp³-hybridized carbons (Fsp3) is 0.750. The highest BCUT2D eigenvalue weighted by atomic mass is 32.2. The van der Waals surface area contributed by atoms with E-state index in [0.717, 1.165) is 11.4 Å². The number of nitrogens with zero attached hydrogens (tertiary/aromatic N) is 1. The van der Waals surface area contributed by atoms with Gasteiger partial charge in [0.05, 0.1) is 7.11 Å². The molecule has 0 aromatic carbocycles. The Morgan fingerprint density at radius 3 is 2.19 bits per heavy atom. The molecule has 0 saturated heterocycles. The van der Waals surface area contributed by atoms with Gasteiger partial charge in [-0.3, -0.25) is 9.59 Å². The summed E-state index contributed by atoms with van der Waals surface area (Å²) >= 11 is 0. The van der Waals surface area contributed by atoms with Crippen LogP contribution in [0, 0.1) is 0 Å². The largest absolute Gasteiger partial charge is 0.480 e. The minimum atomic E-state index is -3.95. The Bertz CT molecular complexity index is 361. The average molecular weight is 253 g/mol. The predicted octanol–water partition coefficient (Wildman–Crippen LogP) is -0.716. The number of ether oxygens (including phenoxy) is 1. The van der Waals surface area contributed by atoms with Crippen molar-refractivity contribution in [2.24, 2.45) is 0 Å². The van der Waals surface area contributed by atoms with Crippen molar-refractivity contribution in [3.05, 3.63) is 0 Å². The maximum absolute atomic E-state index is 11.6. The average Bonchev–Trinajstić information content (AvgIpc) is 2.12. The molecule has 0 spiro atoms. The number of methoxy groups -OCH3 is 1. The minimum Gasteiger partial charge on any atom is -0.480 e. The summed E-state index contributed by atoms with van der Waals surface area (Å²) in [5, 5.41) is 8.57. The van der Waals surface area contributed by atoms with Crippen LogP contribution < -0.4 is 0 Å². The van der Waals surface area contributed by atoms with Crippen LogP contribution in [0.25, 0.3) is 0 Å². The zero-order valence-corrected chi connectivity index (χ0v) is 10.2. The summed E-state index contributed by atoms with van der Waals surface area (Å²) in [6.45, 7) is 2.38. The zero-order valence-electron chi connectivity index (χ0n) is 9.34. The van der Waals surface area contributed by atoms with Crippen LogP contribution in [0.2, 0.25) is 0 Å². The van der Waals surface area contributed by atoms with Crippen LogP contribution >= 0.6 is 0 Å². The van der Waals surface area contributed by atoms with Crippen LogP contribution in [0.1, 0.15) is 13.8 Å². The SMILES string of the molecule is COC(=O)CS(=O)(=O)N(CC(=O)O)C(C)C. The van der Waals surface area contributed by atoms with Gasteiger partial charge in [-0.1, -0.05) is 0 Å². The molecule has 0 aliphatic heterocycles.